The fraction of sp³-hybridized carbons (Fsp3) is 0.562. The molecule has 4 rings (SSSR count). The first kappa shape index (κ1) is 12.2. The van der Waals surface area contributed by atoms with Gasteiger partial charge in [-0.25, -0.2) is 0 Å². The predicted molar refractivity (Wildman–Crippen MR) is 75.7 cm³/mol. The number of ether oxygens (including phenoxy) is 1. The summed E-state index contributed by atoms with van der Waals surface area (Å²) in [7, 11) is 0. The van der Waals surface area contributed by atoms with E-state index in [1.165, 1.54) is 19.4 Å². The molecule has 4 heteroatoms. The molecule has 1 aliphatic carbocycles. The minimum Gasteiger partial charge on any atom is -0.467 e. The molecule has 2 heterocycles. The van der Waals surface area contributed by atoms with Crippen molar-refractivity contribution in [1.29, 1.82) is 0 Å². The van der Waals surface area contributed by atoms with Crippen molar-refractivity contribution in [3.63, 3.8) is 0 Å². The van der Waals surface area contributed by atoms with Crippen LogP contribution in [0, 0.1) is 5.92 Å². The van der Waals surface area contributed by atoms with Gasteiger partial charge in [-0.1, -0.05) is 12.1 Å². The zero-order valence-electron chi connectivity index (χ0n) is 11.6. The Balaban J connectivity index is 1.48. The molecule has 1 spiro atoms. The Morgan fingerprint density at radius 2 is 2.00 bits per heavy atom. The number of rotatable bonds is 2. The largest absolute Gasteiger partial charge is 0.467 e. The zero-order chi connectivity index (χ0) is 13.6. The molecule has 3 aliphatic rings. The van der Waals surface area contributed by atoms with Gasteiger partial charge in [-0.2, -0.15) is 0 Å². The average molecular weight is 272 g/mol. The number of hydrogen-bond acceptors (Lipinski definition) is 3. The summed E-state index contributed by atoms with van der Waals surface area (Å²) in [5.41, 5.74) is 0.171. The highest BCUT2D eigenvalue weighted by Gasteiger charge is 2.42. The number of amides is 1. The molecule has 2 fully saturated rings. The molecule has 0 atom stereocenters. The van der Waals surface area contributed by atoms with Crippen LogP contribution in [0.3, 0.4) is 0 Å². The molecule has 1 saturated carbocycles. The highest BCUT2D eigenvalue weighted by atomic mass is 16.5. The van der Waals surface area contributed by atoms with Crippen LogP contribution in [0.15, 0.2) is 24.3 Å². The van der Waals surface area contributed by atoms with Crippen molar-refractivity contribution < 1.29 is 9.53 Å². The van der Waals surface area contributed by atoms with Crippen LogP contribution in [-0.4, -0.2) is 36.2 Å². The Morgan fingerprint density at radius 1 is 1.25 bits per heavy atom. The van der Waals surface area contributed by atoms with Crippen LogP contribution in [0.4, 0.5) is 0 Å². The van der Waals surface area contributed by atoms with Crippen LogP contribution in [0.25, 0.3) is 0 Å². The number of carbonyl (C=O) groups is 1. The van der Waals surface area contributed by atoms with Gasteiger partial charge in [0.05, 0.1) is 5.56 Å². The molecule has 1 aromatic rings. The predicted octanol–water partition coefficient (Wildman–Crippen LogP) is 2.01. The fourth-order valence-corrected chi connectivity index (χ4v) is 3.24. The van der Waals surface area contributed by atoms with Crippen molar-refractivity contribution in [2.75, 3.05) is 19.6 Å². The van der Waals surface area contributed by atoms with Crippen LogP contribution in [0.2, 0.25) is 0 Å². The highest BCUT2D eigenvalue weighted by Crippen LogP contribution is 2.35. The van der Waals surface area contributed by atoms with Gasteiger partial charge in [0, 0.05) is 32.5 Å². The Hall–Kier alpha value is -1.55. The van der Waals surface area contributed by atoms with Gasteiger partial charge in [0.1, 0.15) is 5.75 Å². The third-order valence-electron chi connectivity index (χ3n) is 4.66. The van der Waals surface area contributed by atoms with Crippen LogP contribution in [0.5, 0.6) is 5.75 Å². The summed E-state index contributed by atoms with van der Waals surface area (Å²) in [6.45, 7) is 3.25. The van der Waals surface area contributed by atoms with Gasteiger partial charge in [0.25, 0.3) is 5.91 Å². The third kappa shape index (κ3) is 2.18. The molecular weight excluding hydrogens is 252 g/mol. The number of hydrogen-bond donors (Lipinski definition) is 1. The Morgan fingerprint density at radius 3 is 2.75 bits per heavy atom. The van der Waals surface area contributed by atoms with Crippen LogP contribution < -0.4 is 10.1 Å². The number of likely N-dealkylation sites (tertiary alicyclic amines) is 1. The second-order valence-corrected chi connectivity index (χ2v) is 6.29. The number of piperidine rings is 1. The maximum atomic E-state index is 12.2. The lowest BCUT2D eigenvalue weighted by atomic mass is 9.96. The van der Waals surface area contributed by atoms with E-state index in [0.29, 0.717) is 5.56 Å². The first-order valence-corrected chi connectivity index (χ1v) is 7.57. The summed E-state index contributed by atoms with van der Waals surface area (Å²) >= 11 is 0. The number of nitrogens with zero attached hydrogens (tertiary/aromatic N) is 1. The van der Waals surface area contributed by atoms with Crippen molar-refractivity contribution in [2.24, 2.45) is 5.92 Å². The number of carbonyl (C=O) groups excluding carboxylic acids is 1. The number of nitrogens with one attached hydrogen (secondary N) is 1. The van der Waals surface area contributed by atoms with E-state index in [2.05, 4.69) is 10.2 Å². The lowest BCUT2D eigenvalue weighted by molar-refractivity contribution is -0.0295. The van der Waals surface area contributed by atoms with E-state index in [0.717, 1.165) is 37.6 Å². The van der Waals surface area contributed by atoms with Gasteiger partial charge >= 0.3 is 0 Å². The molecule has 1 aromatic carbocycles. The zero-order valence-corrected chi connectivity index (χ0v) is 11.6. The normalized spacial score (nSPS) is 24.9. The van der Waals surface area contributed by atoms with Gasteiger partial charge in [-0.05, 0) is 30.9 Å². The Labute approximate surface area is 119 Å². The topological polar surface area (TPSA) is 41.6 Å². The summed E-state index contributed by atoms with van der Waals surface area (Å²) in [5.74, 6) is 1.65. The van der Waals surface area contributed by atoms with Gasteiger partial charge < -0.3 is 15.0 Å². The second-order valence-electron chi connectivity index (χ2n) is 6.29. The smallest absolute Gasteiger partial charge is 0.258 e. The van der Waals surface area contributed by atoms with E-state index < -0.39 is 5.72 Å². The van der Waals surface area contributed by atoms with Crippen LogP contribution in [-0.2, 0) is 0 Å². The Kier molecular flexibility index (Phi) is 2.74. The van der Waals surface area contributed by atoms with Crippen molar-refractivity contribution in [1.82, 2.24) is 10.2 Å². The van der Waals surface area contributed by atoms with Crippen LogP contribution >= 0.6 is 0 Å². The SMILES string of the molecule is O=C1NC2(CCN(CC3CC3)CC2)Oc2ccccc21. The fourth-order valence-electron chi connectivity index (χ4n) is 3.24. The van der Waals surface area contributed by atoms with E-state index in [9.17, 15) is 4.79 Å². The molecule has 106 valence electrons. The number of para-hydroxylation sites is 1. The molecule has 20 heavy (non-hydrogen) atoms. The summed E-state index contributed by atoms with van der Waals surface area (Å²) in [5, 5.41) is 3.09. The van der Waals surface area contributed by atoms with E-state index in [1.54, 1.807) is 0 Å². The lowest BCUT2D eigenvalue weighted by Gasteiger charge is -2.44. The molecule has 0 unspecified atom stereocenters. The lowest BCUT2D eigenvalue weighted by Crippen LogP contribution is -2.61. The van der Waals surface area contributed by atoms with Gasteiger partial charge in [0.2, 0.25) is 0 Å². The first-order valence-electron chi connectivity index (χ1n) is 7.57. The molecule has 1 amide bonds. The average Bonchev–Trinajstić information content (AvgIpc) is 3.26. The minimum absolute atomic E-state index is 0.00231. The van der Waals surface area contributed by atoms with Gasteiger partial charge in [-0.15, -0.1) is 0 Å². The molecule has 0 bridgehead atoms. The maximum absolute atomic E-state index is 12.2. The summed E-state index contributed by atoms with van der Waals surface area (Å²) in [6.07, 6.45) is 4.53. The van der Waals surface area contributed by atoms with Crippen molar-refractivity contribution in [2.45, 2.75) is 31.4 Å². The monoisotopic (exact) mass is 272 g/mol. The summed E-state index contributed by atoms with van der Waals surface area (Å²) in [6, 6.07) is 7.51. The van der Waals surface area contributed by atoms with E-state index >= 15 is 0 Å². The quantitative estimate of drug-likeness (QED) is 0.895. The third-order valence-corrected chi connectivity index (χ3v) is 4.66. The first-order chi connectivity index (χ1) is 9.74. The van der Waals surface area contributed by atoms with Gasteiger partial charge in [-0.3, -0.25) is 4.79 Å². The molecule has 1 N–H and O–H groups in total. The van der Waals surface area contributed by atoms with E-state index in [-0.39, 0.29) is 5.91 Å². The molecule has 2 aliphatic heterocycles. The van der Waals surface area contributed by atoms with Gasteiger partial charge in [0.15, 0.2) is 5.72 Å². The van der Waals surface area contributed by atoms with Crippen molar-refractivity contribution >= 4 is 5.91 Å². The molecular formula is C16H20N2O2. The van der Waals surface area contributed by atoms with Crippen molar-refractivity contribution in [3.8, 4) is 5.75 Å². The molecule has 0 radical (unpaired) electrons. The second kappa shape index (κ2) is 4.48. The standard InChI is InChI=1S/C16H20N2O2/c19-15-13-3-1-2-4-14(13)20-16(17-15)7-9-18(10-8-16)11-12-5-6-12/h1-4,12H,5-11H2,(H,17,19). The summed E-state index contributed by atoms with van der Waals surface area (Å²) in [4.78, 5) is 14.7. The number of fused-ring (bicyclic) bond motifs is 1. The van der Waals surface area contributed by atoms with E-state index in [1.807, 2.05) is 24.3 Å². The highest BCUT2D eigenvalue weighted by molar-refractivity contribution is 5.98. The summed E-state index contributed by atoms with van der Waals surface area (Å²) < 4.78 is 6.14. The Bertz CT molecular complexity index is 531. The molecule has 1 saturated heterocycles. The number of benzene rings is 1. The van der Waals surface area contributed by atoms with E-state index in [4.69, 9.17) is 4.74 Å². The van der Waals surface area contributed by atoms with Crippen molar-refractivity contribution in [3.05, 3.63) is 29.8 Å². The molecule has 0 aromatic heterocycles. The minimum atomic E-state index is -0.481. The maximum Gasteiger partial charge on any atom is 0.258 e. The van der Waals surface area contributed by atoms with Crippen LogP contribution in [0.1, 0.15) is 36.0 Å². The molecule has 4 nitrogen and oxygen atoms in total.